The largest absolute Gasteiger partial charge is 0.344 e. The number of nitrogens with zero attached hydrogens (tertiary/aromatic N) is 5. The Balaban J connectivity index is 1.75. The molecule has 1 aromatic heterocycles. The van der Waals surface area contributed by atoms with Crippen LogP contribution in [0, 0.1) is 12.8 Å². The molecule has 1 aromatic carbocycles. The van der Waals surface area contributed by atoms with Gasteiger partial charge in [-0.05, 0) is 57.4 Å². The van der Waals surface area contributed by atoms with Crippen LogP contribution in [0.4, 0.5) is 0 Å². The summed E-state index contributed by atoms with van der Waals surface area (Å²) in [5, 5.41) is 7.72. The molecule has 0 radical (unpaired) electrons. The van der Waals surface area contributed by atoms with Gasteiger partial charge in [-0.25, -0.2) is 9.67 Å². The van der Waals surface area contributed by atoms with Crippen molar-refractivity contribution in [2.24, 2.45) is 5.92 Å². The first-order chi connectivity index (χ1) is 18.2. The van der Waals surface area contributed by atoms with Crippen molar-refractivity contribution in [3.8, 4) is 0 Å². The van der Waals surface area contributed by atoms with Crippen LogP contribution in [0.3, 0.4) is 0 Å². The normalized spacial score (nSPS) is 19.7. The van der Waals surface area contributed by atoms with E-state index < -0.39 is 6.04 Å². The Labute approximate surface area is 227 Å². The van der Waals surface area contributed by atoms with E-state index in [1.807, 2.05) is 34.7 Å². The lowest BCUT2D eigenvalue weighted by Crippen LogP contribution is -2.47. The van der Waals surface area contributed by atoms with Crippen LogP contribution in [0.25, 0.3) is 0 Å². The van der Waals surface area contributed by atoms with E-state index >= 15 is 0 Å². The molecule has 0 spiro atoms. The second kappa shape index (κ2) is 14.1. The number of amides is 3. The van der Waals surface area contributed by atoms with Crippen molar-refractivity contribution in [1.82, 2.24) is 29.9 Å². The van der Waals surface area contributed by atoms with E-state index in [0.29, 0.717) is 56.5 Å². The number of fused-ring (bicyclic) bond motifs is 1. The minimum atomic E-state index is -0.611. The van der Waals surface area contributed by atoms with Crippen molar-refractivity contribution in [3.05, 3.63) is 47.5 Å². The van der Waals surface area contributed by atoms with Crippen LogP contribution in [-0.2, 0) is 27.3 Å². The number of likely N-dealkylation sites (N-methyl/N-ethyl adjacent to an activating group) is 1. The number of carbonyl (C=O) groups excluding carboxylic acids is 3. The fourth-order valence-electron chi connectivity index (χ4n) is 4.86. The number of aryl methyl sites for hydroxylation is 2. The molecule has 9 nitrogen and oxygen atoms in total. The number of aromatic nitrogens is 3. The van der Waals surface area contributed by atoms with Crippen LogP contribution in [0.1, 0.15) is 82.6 Å². The van der Waals surface area contributed by atoms with Gasteiger partial charge in [0.1, 0.15) is 17.7 Å². The predicted octanol–water partition coefficient (Wildman–Crippen LogP) is 3.67. The molecule has 1 aliphatic rings. The molecule has 0 fully saturated rings. The van der Waals surface area contributed by atoms with Gasteiger partial charge >= 0.3 is 0 Å². The van der Waals surface area contributed by atoms with E-state index in [2.05, 4.69) is 41.4 Å². The molecule has 208 valence electrons. The highest BCUT2D eigenvalue weighted by Gasteiger charge is 2.29. The number of hydrogen-bond donors (Lipinski definition) is 1. The fourth-order valence-corrected chi connectivity index (χ4v) is 4.86. The Hall–Kier alpha value is -3.23. The molecule has 0 aliphatic carbocycles. The number of hydrogen-bond acceptors (Lipinski definition) is 5. The number of nitrogens with one attached hydrogen (secondary N) is 1. The summed E-state index contributed by atoms with van der Waals surface area (Å²) in [7, 11) is 1.66. The molecule has 0 bridgehead atoms. The highest BCUT2D eigenvalue weighted by Crippen LogP contribution is 2.21. The van der Waals surface area contributed by atoms with Crippen molar-refractivity contribution in [2.45, 2.75) is 91.3 Å². The predicted molar refractivity (Wildman–Crippen MR) is 147 cm³/mol. The highest BCUT2D eigenvalue weighted by molar-refractivity contribution is 5.87. The molecule has 9 heteroatoms. The number of unbranched alkanes of at least 4 members (excludes halogenated alkanes) is 1. The van der Waals surface area contributed by atoms with Crippen LogP contribution >= 0.6 is 0 Å². The second-order valence-electron chi connectivity index (χ2n) is 10.8. The van der Waals surface area contributed by atoms with E-state index in [9.17, 15) is 14.4 Å². The summed E-state index contributed by atoms with van der Waals surface area (Å²) >= 11 is 0. The summed E-state index contributed by atoms with van der Waals surface area (Å²) in [6, 6.07) is 9.38. The van der Waals surface area contributed by atoms with Crippen LogP contribution < -0.4 is 5.32 Å². The van der Waals surface area contributed by atoms with E-state index in [-0.39, 0.29) is 30.2 Å². The van der Waals surface area contributed by atoms with Crippen molar-refractivity contribution in [1.29, 1.82) is 0 Å². The average molecular weight is 525 g/mol. The third kappa shape index (κ3) is 8.39. The molecule has 3 amide bonds. The van der Waals surface area contributed by atoms with Crippen LogP contribution in [0.5, 0.6) is 0 Å². The summed E-state index contributed by atoms with van der Waals surface area (Å²) < 4.78 is 1.84. The summed E-state index contributed by atoms with van der Waals surface area (Å²) in [5.41, 5.74) is 1.28. The monoisotopic (exact) mass is 524 g/mol. The smallest absolute Gasteiger partial charge is 0.243 e. The maximum Gasteiger partial charge on any atom is 0.243 e. The third-order valence-corrected chi connectivity index (χ3v) is 7.20. The standard InChI is InChI=1S/C29H44N6O3/c1-21(2)20-25-28-30-23(4)32-35(28)19-18-34(17-11-16-26(36)33(5)22(3)29(38)31-25)27(37)15-10-9-14-24-12-7-6-8-13-24/h6-8,12-13,21-22,25H,9-11,14-20H2,1-5H3,(H,31,38)/t22-,25+/m0/s1. The van der Waals surface area contributed by atoms with Gasteiger partial charge in [0.05, 0.1) is 12.6 Å². The summed E-state index contributed by atoms with van der Waals surface area (Å²) in [5.74, 6) is 1.44. The van der Waals surface area contributed by atoms with Crippen molar-refractivity contribution >= 4 is 17.7 Å². The minimum absolute atomic E-state index is 0.0978. The number of rotatable bonds is 7. The van der Waals surface area contributed by atoms with Gasteiger partial charge in [0.15, 0.2) is 0 Å². The van der Waals surface area contributed by atoms with Crippen molar-refractivity contribution in [2.75, 3.05) is 20.1 Å². The third-order valence-electron chi connectivity index (χ3n) is 7.20. The van der Waals surface area contributed by atoms with Crippen LogP contribution in [0.15, 0.2) is 30.3 Å². The lowest BCUT2D eigenvalue weighted by atomic mass is 10.0. The summed E-state index contributed by atoms with van der Waals surface area (Å²) in [6.07, 6.45) is 4.73. The molecule has 0 unspecified atom stereocenters. The molecule has 1 aliphatic heterocycles. The van der Waals surface area contributed by atoms with Crippen molar-refractivity contribution in [3.63, 3.8) is 0 Å². The molecule has 3 rings (SSSR count). The zero-order valence-corrected chi connectivity index (χ0v) is 23.7. The van der Waals surface area contributed by atoms with Gasteiger partial charge in [0.2, 0.25) is 17.7 Å². The van der Waals surface area contributed by atoms with E-state index in [1.165, 1.54) is 10.5 Å². The topological polar surface area (TPSA) is 100 Å². The quantitative estimate of drug-likeness (QED) is 0.557. The first-order valence-corrected chi connectivity index (χ1v) is 13.9. The maximum absolute atomic E-state index is 13.2. The van der Waals surface area contributed by atoms with E-state index in [1.54, 1.807) is 14.0 Å². The summed E-state index contributed by atoms with van der Waals surface area (Å²) in [4.78, 5) is 47.2. The van der Waals surface area contributed by atoms with Gasteiger partial charge in [-0.1, -0.05) is 44.2 Å². The molecule has 0 saturated heterocycles. The Morgan fingerprint density at radius 3 is 2.55 bits per heavy atom. The molecular weight excluding hydrogens is 480 g/mol. The molecule has 2 atom stereocenters. The van der Waals surface area contributed by atoms with Gasteiger partial charge in [-0.2, -0.15) is 5.10 Å². The Bertz CT molecular complexity index is 1070. The number of benzene rings is 1. The lowest BCUT2D eigenvalue weighted by molar-refractivity contribution is -0.139. The Morgan fingerprint density at radius 2 is 1.84 bits per heavy atom. The van der Waals surface area contributed by atoms with E-state index in [4.69, 9.17) is 0 Å². The second-order valence-corrected chi connectivity index (χ2v) is 10.8. The average Bonchev–Trinajstić information content (AvgIpc) is 3.27. The maximum atomic E-state index is 13.2. The van der Waals surface area contributed by atoms with Gasteiger partial charge < -0.3 is 15.1 Å². The molecule has 2 heterocycles. The molecule has 1 N–H and O–H groups in total. The van der Waals surface area contributed by atoms with Crippen LogP contribution in [-0.4, -0.2) is 68.5 Å². The SMILES string of the molecule is Cc1nc2n(n1)CCN(C(=O)CCCCc1ccccc1)CCCC(=O)N(C)[C@@H](C)C(=O)N[C@@H]2CC(C)C. The molecule has 0 saturated carbocycles. The first-order valence-electron chi connectivity index (χ1n) is 13.9. The molecule has 38 heavy (non-hydrogen) atoms. The van der Waals surface area contributed by atoms with Crippen LogP contribution in [0.2, 0.25) is 0 Å². The fraction of sp³-hybridized carbons (Fsp3) is 0.621. The Morgan fingerprint density at radius 1 is 1.11 bits per heavy atom. The zero-order valence-electron chi connectivity index (χ0n) is 23.7. The van der Waals surface area contributed by atoms with Gasteiger partial charge in [0, 0.05) is 33.0 Å². The first kappa shape index (κ1) is 29.3. The van der Waals surface area contributed by atoms with E-state index in [0.717, 1.165) is 19.3 Å². The molecule has 2 aromatic rings. The van der Waals surface area contributed by atoms with Gasteiger partial charge in [-0.15, -0.1) is 0 Å². The highest BCUT2D eigenvalue weighted by atomic mass is 16.2. The van der Waals surface area contributed by atoms with Gasteiger partial charge in [0.25, 0.3) is 0 Å². The minimum Gasteiger partial charge on any atom is -0.344 e. The van der Waals surface area contributed by atoms with Gasteiger partial charge in [-0.3, -0.25) is 14.4 Å². The van der Waals surface area contributed by atoms with Crippen molar-refractivity contribution < 1.29 is 14.4 Å². The summed E-state index contributed by atoms with van der Waals surface area (Å²) in [6.45, 7) is 9.25. The lowest BCUT2D eigenvalue weighted by Gasteiger charge is -2.29. The Kier molecular flexibility index (Phi) is 10.9. The zero-order chi connectivity index (χ0) is 27.7. The number of carbonyl (C=O) groups is 3. The molecular formula is C29H44N6O3.